The Morgan fingerprint density at radius 2 is 1.58 bits per heavy atom. The number of carbonyl (C=O) groups excluding carboxylic acids is 2. The van der Waals surface area contributed by atoms with E-state index >= 15 is 0 Å². The second-order valence-electron chi connectivity index (χ2n) is 8.42. The van der Waals surface area contributed by atoms with Gasteiger partial charge in [0.25, 0.3) is 11.8 Å². The van der Waals surface area contributed by atoms with E-state index in [1.54, 1.807) is 6.07 Å². The lowest BCUT2D eigenvalue weighted by molar-refractivity contribution is -0.120. The van der Waals surface area contributed by atoms with Crippen LogP contribution in [0.3, 0.4) is 0 Å². The number of rotatable bonds is 7. The first-order chi connectivity index (χ1) is 15.9. The fraction of sp³-hybridized carbons (Fsp3) is 0.214. The van der Waals surface area contributed by atoms with Crippen LogP contribution < -0.4 is 10.2 Å². The van der Waals surface area contributed by atoms with Crippen molar-refractivity contribution in [3.63, 3.8) is 0 Å². The highest BCUT2D eigenvalue weighted by atomic mass is 35.5. The van der Waals surface area contributed by atoms with Crippen LogP contribution in [-0.4, -0.2) is 11.8 Å². The van der Waals surface area contributed by atoms with Crippen LogP contribution in [-0.2, 0) is 16.0 Å². The van der Waals surface area contributed by atoms with Crippen LogP contribution in [0.5, 0.6) is 0 Å². The average Bonchev–Trinajstić information content (AvgIpc) is 3.05. The highest BCUT2D eigenvalue weighted by molar-refractivity contribution is 6.46. The van der Waals surface area contributed by atoms with Gasteiger partial charge in [-0.15, -0.1) is 0 Å². The van der Waals surface area contributed by atoms with E-state index in [1.165, 1.54) is 10.5 Å². The minimum atomic E-state index is -0.381. The van der Waals surface area contributed by atoms with Gasteiger partial charge in [0, 0.05) is 10.7 Å². The summed E-state index contributed by atoms with van der Waals surface area (Å²) in [6.45, 7) is 6.06. The number of imide groups is 1. The van der Waals surface area contributed by atoms with E-state index in [9.17, 15) is 9.59 Å². The molecule has 2 amide bonds. The van der Waals surface area contributed by atoms with Crippen LogP contribution in [0.4, 0.5) is 11.4 Å². The molecule has 0 unspecified atom stereocenters. The van der Waals surface area contributed by atoms with Crippen LogP contribution in [0, 0.1) is 13.8 Å². The number of halogens is 1. The Kier molecular flexibility index (Phi) is 6.66. The van der Waals surface area contributed by atoms with Crippen LogP contribution >= 0.6 is 11.6 Å². The topological polar surface area (TPSA) is 49.4 Å². The number of aryl methyl sites for hydroxylation is 3. The zero-order valence-electron chi connectivity index (χ0n) is 19.1. The van der Waals surface area contributed by atoms with Crippen molar-refractivity contribution in [2.24, 2.45) is 0 Å². The van der Waals surface area contributed by atoms with E-state index in [1.807, 2.05) is 74.5 Å². The molecule has 1 aliphatic rings. The Hall–Kier alpha value is -3.37. The Bertz CT molecular complexity index is 1230. The van der Waals surface area contributed by atoms with E-state index in [0.29, 0.717) is 27.5 Å². The summed E-state index contributed by atoms with van der Waals surface area (Å²) in [5.74, 6) is -0.723. The first-order valence-electron chi connectivity index (χ1n) is 11.2. The van der Waals surface area contributed by atoms with Gasteiger partial charge in [-0.3, -0.25) is 9.59 Å². The summed E-state index contributed by atoms with van der Waals surface area (Å²) in [6, 6.07) is 20.8. The average molecular weight is 459 g/mol. The third kappa shape index (κ3) is 4.71. The first-order valence-corrected chi connectivity index (χ1v) is 11.6. The van der Waals surface area contributed by atoms with Gasteiger partial charge in [0.15, 0.2) is 0 Å². The normalized spacial score (nSPS) is 13.8. The van der Waals surface area contributed by atoms with E-state index in [0.717, 1.165) is 30.4 Å². The molecule has 1 aliphatic heterocycles. The van der Waals surface area contributed by atoms with Crippen molar-refractivity contribution < 1.29 is 9.59 Å². The van der Waals surface area contributed by atoms with Gasteiger partial charge in [0.1, 0.15) is 5.70 Å². The monoisotopic (exact) mass is 458 g/mol. The summed E-state index contributed by atoms with van der Waals surface area (Å²) in [6.07, 6.45) is 3.20. The van der Waals surface area contributed by atoms with Crippen LogP contribution in [0.15, 0.2) is 72.4 Å². The van der Waals surface area contributed by atoms with Gasteiger partial charge in [-0.05, 0) is 67.6 Å². The molecule has 168 valence electrons. The highest BCUT2D eigenvalue weighted by Gasteiger charge is 2.40. The molecule has 0 aromatic heterocycles. The third-order valence-electron chi connectivity index (χ3n) is 5.88. The van der Waals surface area contributed by atoms with Gasteiger partial charge in [0.05, 0.1) is 11.3 Å². The molecule has 5 heteroatoms. The lowest BCUT2D eigenvalue weighted by Crippen LogP contribution is -2.32. The molecule has 1 N–H and O–H groups in total. The van der Waals surface area contributed by atoms with Crippen molar-refractivity contribution in [3.05, 3.63) is 99.7 Å². The second-order valence-corrected chi connectivity index (χ2v) is 8.83. The van der Waals surface area contributed by atoms with Crippen LogP contribution in [0.25, 0.3) is 5.57 Å². The summed E-state index contributed by atoms with van der Waals surface area (Å²) >= 11 is 6.29. The number of hydrogen-bond donors (Lipinski definition) is 1. The molecule has 0 radical (unpaired) electrons. The Morgan fingerprint density at radius 1 is 0.879 bits per heavy atom. The number of hydrogen-bond acceptors (Lipinski definition) is 3. The number of anilines is 2. The molecular weight excluding hydrogens is 432 g/mol. The largest absolute Gasteiger partial charge is 0.350 e. The SMILES string of the molecule is CCCCc1ccc(N2C(=O)C(Nc3ccc(C)c(Cl)c3)=C(c3ccc(C)cc3)C2=O)cc1. The molecule has 0 saturated carbocycles. The van der Waals surface area contributed by atoms with Crippen LogP contribution in [0.1, 0.15) is 42.0 Å². The number of amides is 2. The Balaban J connectivity index is 1.73. The number of nitrogens with one attached hydrogen (secondary N) is 1. The predicted octanol–water partition coefficient (Wildman–Crippen LogP) is 6.70. The number of unbranched alkanes of at least 4 members (excludes halogenated alkanes) is 1. The summed E-state index contributed by atoms with van der Waals surface area (Å²) in [5, 5.41) is 3.77. The van der Waals surface area contributed by atoms with E-state index < -0.39 is 0 Å². The quantitative estimate of drug-likeness (QED) is 0.401. The second kappa shape index (κ2) is 9.63. The molecule has 1 heterocycles. The fourth-order valence-electron chi connectivity index (χ4n) is 3.88. The maximum atomic E-state index is 13.6. The van der Waals surface area contributed by atoms with Crippen molar-refractivity contribution in [1.29, 1.82) is 0 Å². The number of nitrogens with zero attached hydrogens (tertiary/aromatic N) is 1. The van der Waals surface area contributed by atoms with Gasteiger partial charge < -0.3 is 5.32 Å². The minimum Gasteiger partial charge on any atom is -0.350 e. The van der Waals surface area contributed by atoms with Gasteiger partial charge in [-0.1, -0.05) is 73.0 Å². The molecule has 3 aromatic carbocycles. The van der Waals surface area contributed by atoms with Gasteiger partial charge >= 0.3 is 0 Å². The molecule has 0 fully saturated rings. The summed E-state index contributed by atoms with van der Waals surface area (Å²) in [4.78, 5) is 28.3. The first kappa shape index (κ1) is 22.8. The molecule has 0 atom stereocenters. The zero-order valence-corrected chi connectivity index (χ0v) is 19.9. The maximum Gasteiger partial charge on any atom is 0.282 e. The molecule has 4 rings (SSSR count). The van der Waals surface area contributed by atoms with E-state index in [4.69, 9.17) is 11.6 Å². The van der Waals surface area contributed by atoms with Crippen molar-refractivity contribution in [3.8, 4) is 0 Å². The molecule has 0 spiro atoms. The fourth-order valence-corrected chi connectivity index (χ4v) is 4.06. The van der Waals surface area contributed by atoms with Crippen molar-refractivity contribution in [1.82, 2.24) is 0 Å². The molecular formula is C28H27ClN2O2. The molecule has 0 saturated heterocycles. The van der Waals surface area contributed by atoms with Crippen molar-refractivity contribution >= 4 is 40.4 Å². The van der Waals surface area contributed by atoms with Crippen molar-refractivity contribution in [2.45, 2.75) is 40.0 Å². The zero-order chi connectivity index (χ0) is 23.5. The van der Waals surface area contributed by atoms with Crippen LogP contribution in [0.2, 0.25) is 5.02 Å². The number of carbonyl (C=O) groups is 2. The minimum absolute atomic E-state index is 0.249. The highest BCUT2D eigenvalue weighted by Crippen LogP contribution is 2.34. The predicted molar refractivity (Wildman–Crippen MR) is 135 cm³/mol. The maximum absolute atomic E-state index is 13.6. The Morgan fingerprint density at radius 3 is 2.21 bits per heavy atom. The summed E-state index contributed by atoms with van der Waals surface area (Å²) in [5.41, 5.74) is 5.73. The Labute approximate surface area is 199 Å². The standard InChI is InChI=1S/C28H27ClN2O2/c1-4-5-6-20-10-15-23(16-11-20)31-27(32)25(21-12-7-18(2)8-13-21)26(28(31)33)30-22-14-9-19(3)24(29)17-22/h7-17,30H,4-6H2,1-3H3. The molecule has 0 bridgehead atoms. The van der Waals surface area contributed by atoms with Gasteiger partial charge in [0.2, 0.25) is 0 Å². The van der Waals surface area contributed by atoms with Gasteiger partial charge in [-0.25, -0.2) is 4.90 Å². The molecule has 33 heavy (non-hydrogen) atoms. The van der Waals surface area contributed by atoms with Crippen molar-refractivity contribution in [2.75, 3.05) is 10.2 Å². The molecule has 4 nitrogen and oxygen atoms in total. The van der Waals surface area contributed by atoms with E-state index in [2.05, 4.69) is 12.2 Å². The molecule has 0 aliphatic carbocycles. The lowest BCUT2D eigenvalue weighted by atomic mass is 10.0. The summed E-state index contributed by atoms with van der Waals surface area (Å²) in [7, 11) is 0. The smallest absolute Gasteiger partial charge is 0.282 e. The van der Waals surface area contributed by atoms with Gasteiger partial charge in [-0.2, -0.15) is 0 Å². The summed E-state index contributed by atoms with van der Waals surface area (Å²) < 4.78 is 0. The molecule has 3 aromatic rings. The third-order valence-corrected chi connectivity index (χ3v) is 6.29. The lowest BCUT2D eigenvalue weighted by Gasteiger charge is -2.16. The van der Waals surface area contributed by atoms with E-state index in [-0.39, 0.29) is 17.5 Å². The number of benzene rings is 3.